The summed E-state index contributed by atoms with van der Waals surface area (Å²) < 4.78 is 0. The standard InChI is InChI=1S/C16H24N2O/c1-16(2,3)17-11-15(19)18(14-9-10-14)12-13-7-5-4-6-8-13/h4-8,14,17H,9-12H2,1-3H3. The van der Waals surface area contributed by atoms with Crippen LogP contribution in [0.3, 0.4) is 0 Å². The maximum absolute atomic E-state index is 12.3. The van der Waals surface area contributed by atoms with E-state index in [1.165, 1.54) is 5.56 Å². The molecule has 0 heterocycles. The summed E-state index contributed by atoms with van der Waals surface area (Å²) in [5.74, 6) is 0.210. The lowest BCUT2D eigenvalue weighted by molar-refractivity contribution is -0.131. The second-order valence-corrected chi connectivity index (χ2v) is 6.34. The van der Waals surface area contributed by atoms with Crippen LogP contribution in [0, 0.1) is 0 Å². The zero-order chi connectivity index (χ0) is 13.9. The molecule has 0 saturated heterocycles. The summed E-state index contributed by atoms with van der Waals surface area (Å²) in [4.78, 5) is 14.4. The van der Waals surface area contributed by atoms with Gasteiger partial charge < -0.3 is 10.2 Å². The first-order chi connectivity index (χ1) is 8.96. The average molecular weight is 260 g/mol. The zero-order valence-corrected chi connectivity index (χ0v) is 12.1. The average Bonchev–Trinajstić information content (AvgIpc) is 3.18. The fourth-order valence-electron chi connectivity index (χ4n) is 2.03. The van der Waals surface area contributed by atoms with Crippen molar-refractivity contribution in [2.45, 2.75) is 51.7 Å². The van der Waals surface area contributed by atoms with Crippen LogP contribution in [0.5, 0.6) is 0 Å². The molecule has 1 aliphatic rings. The normalized spacial score (nSPS) is 15.3. The van der Waals surface area contributed by atoms with Crippen LogP contribution in [0.1, 0.15) is 39.2 Å². The first-order valence-corrected chi connectivity index (χ1v) is 7.04. The molecule has 3 nitrogen and oxygen atoms in total. The Morgan fingerprint density at radius 1 is 1.26 bits per heavy atom. The van der Waals surface area contributed by atoms with E-state index in [0.717, 1.165) is 19.4 Å². The van der Waals surface area contributed by atoms with Crippen LogP contribution in [0.25, 0.3) is 0 Å². The molecule has 1 aliphatic carbocycles. The third-order valence-electron chi connectivity index (χ3n) is 3.27. The van der Waals surface area contributed by atoms with Crippen molar-refractivity contribution in [2.24, 2.45) is 0 Å². The molecule has 1 N–H and O–H groups in total. The van der Waals surface area contributed by atoms with E-state index >= 15 is 0 Å². The van der Waals surface area contributed by atoms with Gasteiger partial charge in [-0.2, -0.15) is 0 Å². The van der Waals surface area contributed by atoms with Gasteiger partial charge in [0.2, 0.25) is 5.91 Å². The maximum Gasteiger partial charge on any atom is 0.237 e. The number of carbonyl (C=O) groups is 1. The highest BCUT2D eigenvalue weighted by molar-refractivity contribution is 5.79. The van der Waals surface area contributed by atoms with Crippen molar-refractivity contribution in [3.8, 4) is 0 Å². The Hall–Kier alpha value is -1.35. The van der Waals surface area contributed by atoms with Gasteiger partial charge in [0.25, 0.3) is 0 Å². The lowest BCUT2D eigenvalue weighted by atomic mass is 10.1. The first-order valence-electron chi connectivity index (χ1n) is 7.04. The highest BCUT2D eigenvalue weighted by Crippen LogP contribution is 2.28. The Balaban J connectivity index is 1.94. The topological polar surface area (TPSA) is 32.3 Å². The fourth-order valence-corrected chi connectivity index (χ4v) is 2.03. The van der Waals surface area contributed by atoms with E-state index in [0.29, 0.717) is 12.6 Å². The number of nitrogens with zero attached hydrogens (tertiary/aromatic N) is 1. The van der Waals surface area contributed by atoms with Crippen LogP contribution in [-0.2, 0) is 11.3 Å². The number of hydrogen-bond donors (Lipinski definition) is 1. The van der Waals surface area contributed by atoms with Gasteiger partial charge in [-0.05, 0) is 39.2 Å². The Bertz CT molecular complexity index is 418. The van der Waals surface area contributed by atoms with Gasteiger partial charge in [0, 0.05) is 18.1 Å². The zero-order valence-electron chi connectivity index (χ0n) is 12.1. The van der Waals surface area contributed by atoms with E-state index < -0.39 is 0 Å². The molecule has 0 atom stereocenters. The monoisotopic (exact) mass is 260 g/mol. The van der Waals surface area contributed by atoms with Gasteiger partial charge in [0.05, 0.1) is 6.54 Å². The molecule has 3 heteroatoms. The molecular weight excluding hydrogens is 236 g/mol. The molecular formula is C16H24N2O. The van der Waals surface area contributed by atoms with Crippen molar-refractivity contribution in [3.63, 3.8) is 0 Å². The Kier molecular flexibility index (Phi) is 4.25. The van der Waals surface area contributed by atoms with Crippen LogP contribution in [-0.4, -0.2) is 28.9 Å². The predicted octanol–water partition coefficient (Wildman–Crippen LogP) is 2.57. The van der Waals surface area contributed by atoms with E-state index in [-0.39, 0.29) is 11.4 Å². The van der Waals surface area contributed by atoms with E-state index in [2.05, 4.69) is 38.2 Å². The van der Waals surface area contributed by atoms with E-state index in [1.54, 1.807) is 0 Å². The molecule has 19 heavy (non-hydrogen) atoms. The molecule has 0 bridgehead atoms. The second-order valence-electron chi connectivity index (χ2n) is 6.34. The van der Waals surface area contributed by atoms with E-state index in [1.807, 2.05) is 23.1 Å². The quantitative estimate of drug-likeness (QED) is 0.882. The molecule has 2 rings (SSSR count). The number of amides is 1. The smallest absolute Gasteiger partial charge is 0.237 e. The minimum absolute atomic E-state index is 0.0162. The van der Waals surface area contributed by atoms with Crippen molar-refractivity contribution in [3.05, 3.63) is 35.9 Å². The summed E-state index contributed by atoms with van der Waals surface area (Å²) in [6.45, 7) is 7.40. The van der Waals surface area contributed by atoms with Crippen molar-refractivity contribution >= 4 is 5.91 Å². The molecule has 104 valence electrons. The summed E-state index contributed by atoms with van der Waals surface area (Å²) >= 11 is 0. The molecule has 0 aromatic heterocycles. The maximum atomic E-state index is 12.3. The number of nitrogens with one attached hydrogen (secondary N) is 1. The van der Waals surface area contributed by atoms with E-state index in [4.69, 9.17) is 0 Å². The van der Waals surface area contributed by atoms with Crippen LogP contribution in [0.15, 0.2) is 30.3 Å². The van der Waals surface area contributed by atoms with Gasteiger partial charge in [-0.3, -0.25) is 4.79 Å². The summed E-state index contributed by atoms with van der Waals surface area (Å²) in [7, 11) is 0. The molecule has 0 radical (unpaired) electrons. The van der Waals surface area contributed by atoms with Crippen molar-refractivity contribution in [2.75, 3.05) is 6.54 Å². The number of benzene rings is 1. The van der Waals surface area contributed by atoms with Gasteiger partial charge in [-0.1, -0.05) is 30.3 Å². The molecule has 0 unspecified atom stereocenters. The minimum atomic E-state index is -0.0162. The lowest BCUT2D eigenvalue weighted by Crippen LogP contribution is -2.45. The van der Waals surface area contributed by atoms with Gasteiger partial charge in [0.1, 0.15) is 0 Å². The number of rotatable bonds is 5. The molecule has 1 amide bonds. The van der Waals surface area contributed by atoms with Gasteiger partial charge in [-0.15, -0.1) is 0 Å². The summed E-state index contributed by atoms with van der Waals surface area (Å²) in [5.41, 5.74) is 1.19. The SMILES string of the molecule is CC(C)(C)NCC(=O)N(Cc1ccccc1)C1CC1. The molecule has 0 spiro atoms. The molecule has 1 aromatic carbocycles. The summed E-state index contributed by atoms with van der Waals surface area (Å²) in [6, 6.07) is 10.7. The third-order valence-corrected chi connectivity index (χ3v) is 3.27. The highest BCUT2D eigenvalue weighted by atomic mass is 16.2. The summed E-state index contributed by atoms with van der Waals surface area (Å²) in [6.07, 6.45) is 2.29. The van der Waals surface area contributed by atoms with Crippen molar-refractivity contribution in [1.82, 2.24) is 10.2 Å². The highest BCUT2D eigenvalue weighted by Gasteiger charge is 2.32. The molecule has 1 saturated carbocycles. The van der Waals surface area contributed by atoms with Crippen molar-refractivity contribution in [1.29, 1.82) is 0 Å². The van der Waals surface area contributed by atoms with Crippen LogP contribution < -0.4 is 5.32 Å². The van der Waals surface area contributed by atoms with Crippen LogP contribution in [0.4, 0.5) is 0 Å². The molecule has 0 aliphatic heterocycles. The van der Waals surface area contributed by atoms with Crippen LogP contribution >= 0.6 is 0 Å². The van der Waals surface area contributed by atoms with E-state index in [9.17, 15) is 4.79 Å². The number of carbonyl (C=O) groups excluding carboxylic acids is 1. The fraction of sp³-hybridized carbons (Fsp3) is 0.562. The van der Waals surface area contributed by atoms with Crippen molar-refractivity contribution < 1.29 is 4.79 Å². The third kappa shape index (κ3) is 4.67. The molecule has 1 fully saturated rings. The van der Waals surface area contributed by atoms with Gasteiger partial charge in [0.15, 0.2) is 0 Å². The number of hydrogen-bond acceptors (Lipinski definition) is 2. The van der Waals surface area contributed by atoms with Gasteiger partial charge in [-0.25, -0.2) is 0 Å². The Morgan fingerprint density at radius 3 is 2.42 bits per heavy atom. The van der Waals surface area contributed by atoms with Gasteiger partial charge >= 0.3 is 0 Å². The first kappa shape index (κ1) is 14.1. The molecule has 1 aromatic rings. The minimum Gasteiger partial charge on any atom is -0.334 e. The predicted molar refractivity (Wildman–Crippen MR) is 77.8 cm³/mol. The largest absolute Gasteiger partial charge is 0.334 e. The summed E-state index contributed by atoms with van der Waals surface area (Å²) in [5, 5.41) is 3.28. The second kappa shape index (κ2) is 5.74. The Morgan fingerprint density at radius 2 is 1.89 bits per heavy atom. The Labute approximate surface area is 116 Å². The lowest BCUT2D eigenvalue weighted by Gasteiger charge is -2.26. The van der Waals surface area contributed by atoms with Crippen LogP contribution in [0.2, 0.25) is 0 Å².